The molecule has 230 valence electrons. The summed E-state index contributed by atoms with van der Waals surface area (Å²) >= 11 is 12.7. The number of carboxylic acids is 1. The second-order valence-electron chi connectivity index (χ2n) is 12.2. The van der Waals surface area contributed by atoms with Gasteiger partial charge in [0.15, 0.2) is 0 Å². The van der Waals surface area contributed by atoms with Crippen molar-refractivity contribution >= 4 is 50.8 Å². The van der Waals surface area contributed by atoms with Gasteiger partial charge in [0.25, 0.3) is 0 Å². The molecule has 2 aromatic rings. The Morgan fingerprint density at radius 1 is 1.07 bits per heavy atom. The van der Waals surface area contributed by atoms with Crippen molar-refractivity contribution in [2.45, 2.75) is 70.7 Å². The highest BCUT2D eigenvalue weighted by molar-refractivity contribution is 7.94. The highest BCUT2D eigenvalue weighted by Crippen LogP contribution is 2.52. The first-order chi connectivity index (χ1) is 19.5. The van der Waals surface area contributed by atoms with E-state index in [4.69, 9.17) is 23.2 Å². The smallest absolute Gasteiger partial charge is 0.351 e. The Morgan fingerprint density at radius 3 is 2.19 bits per heavy atom. The summed E-state index contributed by atoms with van der Waals surface area (Å²) in [5.41, 5.74) is 0.402. The number of aliphatic carboxylic acids is 1. The summed E-state index contributed by atoms with van der Waals surface area (Å²) in [7, 11) is -0.0566. The molecule has 1 aliphatic heterocycles. The van der Waals surface area contributed by atoms with Gasteiger partial charge in [-0.1, -0.05) is 82.1 Å². The molecule has 1 fully saturated rings. The number of carbonyl (C=O) groups excluding carboxylic acids is 2. The zero-order valence-corrected chi connectivity index (χ0v) is 27.5. The van der Waals surface area contributed by atoms with Crippen LogP contribution in [0.25, 0.3) is 0 Å². The largest absolute Gasteiger partial charge is 0.481 e. The summed E-state index contributed by atoms with van der Waals surface area (Å²) in [4.78, 5) is 42.4. The SMILES string of the molecule is CC(C)C(CS(=O)(=NC(=O)N(C)C)C(C)C)N1C(=O)[C@@](C)(CC(=O)O)C[C@H](c2cccc(Cl)c2)[C@H]1c1ccc(Cl)cc1. The number of hydrogen-bond acceptors (Lipinski definition) is 4. The third kappa shape index (κ3) is 7.47. The maximum Gasteiger partial charge on any atom is 0.351 e. The molecular weight excluding hydrogens is 597 g/mol. The first-order valence-corrected chi connectivity index (χ1v) is 16.5. The number of carbonyl (C=O) groups is 3. The van der Waals surface area contributed by atoms with Crippen LogP contribution in [-0.2, 0) is 19.3 Å². The Hall–Kier alpha value is -2.62. The van der Waals surface area contributed by atoms with Crippen molar-refractivity contribution in [3.63, 3.8) is 0 Å². The first-order valence-electron chi connectivity index (χ1n) is 14.0. The molecule has 1 aliphatic rings. The van der Waals surface area contributed by atoms with Gasteiger partial charge in [-0.3, -0.25) is 9.59 Å². The van der Waals surface area contributed by atoms with Gasteiger partial charge >= 0.3 is 12.0 Å². The summed E-state index contributed by atoms with van der Waals surface area (Å²) in [6, 6.07) is 12.8. The van der Waals surface area contributed by atoms with Crippen LogP contribution in [0.4, 0.5) is 4.79 Å². The van der Waals surface area contributed by atoms with Crippen LogP contribution >= 0.6 is 23.2 Å². The maximum atomic E-state index is 14.6. The van der Waals surface area contributed by atoms with E-state index in [1.54, 1.807) is 58.0 Å². The van der Waals surface area contributed by atoms with E-state index in [-0.39, 0.29) is 36.3 Å². The average Bonchev–Trinajstić information content (AvgIpc) is 2.88. The zero-order chi connectivity index (χ0) is 31.6. The normalized spacial score (nSPS) is 23.0. The molecular formula is C31H41Cl2N3O5S. The van der Waals surface area contributed by atoms with Crippen LogP contribution in [0.5, 0.6) is 0 Å². The van der Waals surface area contributed by atoms with Gasteiger partial charge in [0.1, 0.15) is 0 Å². The molecule has 8 nitrogen and oxygen atoms in total. The number of halogens is 2. The lowest BCUT2D eigenvalue weighted by Gasteiger charge is -2.53. The van der Waals surface area contributed by atoms with E-state index < -0.39 is 44.5 Å². The molecule has 0 aromatic heterocycles. The van der Waals surface area contributed by atoms with Crippen molar-refractivity contribution in [3.05, 3.63) is 69.7 Å². The standard InChI is InChI=1S/C31H41Cl2N3O5S/c1-19(2)26(18-42(41,20(3)4)34-30(40)35(6)7)36-28(21-11-13-23(32)14-12-21)25(22-9-8-10-24(33)15-22)16-31(5,29(36)39)17-27(37)38/h8-15,19-20,25-26,28H,16-18H2,1-7H3,(H,37,38)/t25-,26?,28-,31-,42?/m1/s1. The van der Waals surface area contributed by atoms with Gasteiger partial charge in [0, 0.05) is 41.4 Å². The van der Waals surface area contributed by atoms with Gasteiger partial charge in [-0.2, -0.15) is 0 Å². The maximum absolute atomic E-state index is 14.6. The van der Waals surface area contributed by atoms with Crippen LogP contribution in [0.15, 0.2) is 52.9 Å². The Labute approximate surface area is 259 Å². The van der Waals surface area contributed by atoms with E-state index in [0.29, 0.717) is 10.0 Å². The lowest BCUT2D eigenvalue weighted by atomic mass is 9.66. The molecule has 0 spiro atoms. The van der Waals surface area contributed by atoms with Crippen LogP contribution in [0.3, 0.4) is 0 Å². The Balaban J connectivity index is 2.34. The fraction of sp³-hybridized carbons (Fsp3) is 0.516. The van der Waals surface area contributed by atoms with E-state index in [1.807, 2.05) is 44.2 Å². The lowest BCUT2D eigenvalue weighted by Crippen LogP contribution is -2.59. The summed E-state index contributed by atoms with van der Waals surface area (Å²) in [5.74, 6) is -2.03. The van der Waals surface area contributed by atoms with E-state index in [9.17, 15) is 23.7 Å². The number of amides is 3. The molecule has 0 aliphatic carbocycles. The molecule has 3 rings (SSSR count). The minimum atomic E-state index is -3.15. The first kappa shape index (κ1) is 33.9. The summed E-state index contributed by atoms with van der Waals surface area (Å²) < 4.78 is 18.6. The Morgan fingerprint density at radius 2 is 1.69 bits per heavy atom. The number of piperidine rings is 1. The number of nitrogens with zero attached hydrogens (tertiary/aromatic N) is 3. The molecule has 3 amide bonds. The highest BCUT2D eigenvalue weighted by Gasteiger charge is 2.53. The van der Waals surface area contributed by atoms with Crippen molar-refractivity contribution in [2.24, 2.45) is 15.7 Å². The van der Waals surface area contributed by atoms with Crippen molar-refractivity contribution in [1.29, 1.82) is 0 Å². The van der Waals surface area contributed by atoms with E-state index >= 15 is 0 Å². The lowest BCUT2D eigenvalue weighted by molar-refractivity contribution is -0.161. The monoisotopic (exact) mass is 637 g/mol. The molecule has 11 heteroatoms. The molecule has 1 saturated heterocycles. The fourth-order valence-electron chi connectivity index (χ4n) is 5.63. The summed E-state index contributed by atoms with van der Waals surface area (Å²) in [6.07, 6.45) is -0.114. The van der Waals surface area contributed by atoms with E-state index in [1.165, 1.54) is 4.90 Å². The molecule has 2 aromatic carbocycles. The van der Waals surface area contributed by atoms with Gasteiger partial charge in [-0.25, -0.2) is 9.00 Å². The molecule has 42 heavy (non-hydrogen) atoms. The molecule has 1 N–H and O–H groups in total. The molecule has 1 heterocycles. The van der Waals surface area contributed by atoms with Crippen molar-refractivity contribution < 1.29 is 23.7 Å². The topological polar surface area (TPSA) is 107 Å². The summed E-state index contributed by atoms with van der Waals surface area (Å²) in [5, 5.41) is 10.5. The van der Waals surface area contributed by atoms with Crippen molar-refractivity contribution in [2.75, 3.05) is 19.8 Å². The Kier molecular flexibility index (Phi) is 10.8. The minimum absolute atomic E-state index is 0.0524. The molecule has 2 unspecified atom stereocenters. The molecule has 0 saturated carbocycles. The summed E-state index contributed by atoms with van der Waals surface area (Å²) in [6.45, 7) is 9.06. The van der Waals surface area contributed by atoms with Gasteiger partial charge in [-0.05, 0) is 47.7 Å². The molecule has 5 atom stereocenters. The minimum Gasteiger partial charge on any atom is -0.481 e. The predicted octanol–water partition coefficient (Wildman–Crippen LogP) is 7.11. The van der Waals surface area contributed by atoms with E-state index in [0.717, 1.165) is 11.1 Å². The van der Waals surface area contributed by atoms with Gasteiger partial charge < -0.3 is 14.9 Å². The van der Waals surface area contributed by atoms with Crippen molar-refractivity contribution in [3.8, 4) is 0 Å². The van der Waals surface area contributed by atoms with Gasteiger partial charge in [0.2, 0.25) is 5.91 Å². The molecule has 0 bridgehead atoms. The third-order valence-corrected chi connectivity index (χ3v) is 11.3. The molecule has 0 radical (unpaired) electrons. The highest BCUT2D eigenvalue weighted by atomic mass is 35.5. The zero-order valence-electron chi connectivity index (χ0n) is 25.2. The van der Waals surface area contributed by atoms with Crippen LogP contribution in [0.1, 0.15) is 70.5 Å². The quantitative estimate of drug-likeness (QED) is 0.315. The number of carboxylic acid groups (broad SMARTS) is 1. The predicted molar refractivity (Wildman–Crippen MR) is 168 cm³/mol. The van der Waals surface area contributed by atoms with Crippen LogP contribution in [0, 0.1) is 11.3 Å². The van der Waals surface area contributed by atoms with Crippen LogP contribution < -0.4 is 0 Å². The number of benzene rings is 2. The second-order valence-corrected chi connectivity index (χ2v) is 15.9. The van der Waals surface area contributed by atoms with Crippen LogP contribution in [0.2, 0.25) is 10.0 Å². The fourth-order valence-corrected chi connectivity index (χ4v) is 8.09. The Bertz CT molecular complexity index is 1440. The number of likely N-dealkylation sites (tertiary alicyclic amines) is 1. The van der Waals surface area contributed by atoms with E-state index in [2.05, 4.69) is 4.36 Å². The van der Waals surface area contributed by atoms with Crippen LogP contribution in [-0.4, -0.2) is 68.2 Å². The van der Waals surface area contributed by atoms with Gasteiger partial charge in [-0.15, -0.1) is 4.36 Å². The second kappa shape index (κ2) is 13.3. The number of hydrogen-bond donors (Lipinski definition) is 1. The number of urea groups is 1. The third-order valence-electron chi connectivity index (χ3n) is 8.02. The average molecular weight is 639 g/mol. The number of rotatable bonds is 9. The van der Waals surface area contributed by atoms with Crippen molar-refractivity contribution in [1.82, 2.24) is 9.80 Å². The van der Waals surface area contributed by atoms with Gasteiger partial charge in [0.05, 0.1) is 33.4 Å².